The van der Waals surface area contributed by atoms with E-state index >= 15 is 0 Å². The van der Waals surface area contributed by atoms with E-state index in [4.69, 9.17) is 16.3 Å². The molecule has 1 fully saturated rings. The van der Waals surface area contributed by atoms with E-state index in [0.717, 1.165) is 30.9 Å². The van der Waals surface area contributed by atoms with Crippen LogP contribution < -0.4 is 4.74 Å². The van der Waals surface area contributed by atoms with Gasteiger partial charge in [-0.1, -0.05) is 17.7 Å². The molecule has 2 unspecified atom stereocenters. The minimum Gasteiger partial charge on any atom is -0.490 e. The Morgan fingerprint density at radius 2 is 2.22 bits per heavy atom. The van der Waals surface area contributed by atoms with E-state index in [1.807, 2.05) is 0 Å². The van der Waals surface area contributed by atoms with Crippen LogP contribution in [-0.4, -0.2) is 11.5 Å². The van der Waals surface area contributed by atoms with Crippen molar-refractivity contribution in [2.45, 2.75) is 56.9 Å². The van der Waals surface area contributed by atoms with Crippen molar-refractivity contribution >= 4 is 11.6 Å². The number of halogens is 1. The molecule has 3 rings (SSSR count). The van der Waals surface area contributed by atoms with E-state index in [1.54, 1.807) is 0 Å². The lowest BCUT2D eigenvalue weighted by Crippen LogP contribution is -2.13. The molecule has 0 saturated heterocycles. The van der Waals surface area contributed by atoms with E-state index in [9.17, 15) is 0 Å². The third-order valence-corrected chi connectivity index (χ3v) is 4.67. The molecule has 1 nitrogen and oxygen atoms in total. The Balaban J connectivity index is 1.45. The van der Waals surface area contributed by atoms with Gasteiger partial charge in [-0.2, -0.15) is 0 Å². The van der Waals surface area contributed by atoms with Crippen LogP contribution in [0.15, 0.2) is 18.2 Å². The first-order chi connectivity index (χ1) is 8.72. The van der Waals surface area contributed by atoms with Gasteiger partial charge in [-0.15, -0.1) is 11.6 Å². The van der Waals surface area contributed by atoms with Gasteiger partial charge in [-0.05, 0) is 56.6 Å². The van der Waals surface area contributed by atoms with E-state index in [1.165, 1.54) is 30.4 Å². The number of rotatable bonds is 5. The third-order valence-electron chi connectivity index (χ3n) is 4.10. The van der Waals surface area contributed by atoms with Crippen molar-refractivity contribution < 1.29 is 4.74 Å². The van der Waals surface area contributed by atoms with Crippen LogP contribution in [0.3, 0.4) is 0 Å². The van der Waals surface area contributed by atoms with E-state index in [0.29, 0.717) is 11.5 Å². The molecular formula is C16H21ClO. The fraction of sp³-hybridized carbons (Fsp3) is 0.625. The molecule has 0 spiro atoms. The van der Waals surface area contributed by atoms with Crippen molar-refractivity contribution in [1.29, 1.82) is 0 Å². The summed E-state index contributed by atoms with van der Waals surface area (Å²) in [5.74, 6) is 1.91. The van der Waals surface area contributed by atoms with Crippen LogP contribution >= 0.6 is 11.6 Å². The molecule has 0 aromatic heterocycles. The van der Waals surface area contributed by atoms with Gasteiger partial charge in [0.05, 0.1) is 0 Å². The smallest absolute Gasteiger partial charge is 0.123 e. The van der Waals surface area contributed by atoms with Gasteiger partial charge in [0.2, 0.25) is 0 Å². The molecule has 1 saturated carbocycles. The monoisotopic (exact) mass is 264 g/mol. The minimum atomic E-state index is 0.380. The normalized spacial score (nSPS) is 23.6. The second-order valence-corrected chi connectivity index (χ2v) is 6.40. The van der Waals surface area contributed by atoms with Crippen LogP contribution in [0.5, 0.6) is 5.75 Å². The van der Waals surface area contributed by atoms with Crippen LogP contribution in [0.2, 0.25) is 0 Å². The summed E-state index contributed by atoms with van der Waals surface area (Å²) in [4.78, 5) is 0. The molecule has 1 aromatic carbocycles. The Morgan fingerprint density at radius 3 is 3.00 bits per heavy atom. The summed E-state index contributed by atoms with van der Waals surface area (Å²) in [7, 11) is 0. The van der Waals surface area contributed by atoms with Gasteiger partial charge in [0.15, 0.2) is 0 Å². The molecule has 2 aliphatic rings. The van der Waals surface area contributed by atoms with E-state index < -0.39 is 0 Å². The highest BCUT2D eigenvalue weighted by Gasteiger charge is 2.29. The van der Waals surface area contributed by atoms with Gasteiger partial charge >= 0.3 is 0 Å². The maximum atomic E-state index is 6.33. The van der Waals surface area contributed by atoms with Crippen molar-refractivity contribution in [2.24, 2.45) is 5.92 Å². The molecule has 1 aliphatic heterocycles. The lowest BCUT2D eigenvalue weighted by atomic mass is 10.0. The molecule has 1 aromatic rings. The Labute approximate surface area is 114 Å². The maximum Gasteiger partial charge on any atom is 0.123 e. The Morgan fingerprint density at radius 1 is 1.39 bits per heavy atom. The Hall–Kier alpha value is -0.690. The lowest BCUT2D eigenvalue weighted by Gasteiger charge is -2.12. The molecule has 0 amide bonds. The topological polar surface area (TPSA) is 9.23 Å². The summed E-state index contributed by atoms with van der Waals surface area (Å²) in [5, 5.41) is 0.413. The minimum absolute atomic E-state index is 0.380. The number of hydrogen-bond donors (Lipinski definition) is 0. The molecule has 2 heteroatoms. The van der Waals surface area contributed by atoms with Gasteiger partial charge in [0.25, 0.3) is 0 Å². The van der Waals surface area contributed by atoms with Crippen LogP contribution in [0.25, 0.3) is 0 Å². The predicted octanol–water partition coefficient (Wildman–Crippen LogP) is 4.49. The summed E-state index contributed by atoms with van der Waals surface area (Å²) in [6.45, 7) is 2.14. The van der Waals surface area contributed by atoms with Gasteiger partial charge in [0.1, 0.15) is 11.9 Å². The first kappa shape index (κ1) is 12.3. The molecule has 0 radical (unpaired) electrons. The number of aryl methyl sites for hydroxylation is 1. The predicted molar refractivity (Wildman–Crippen MR) is 75.5 cm³/mol. The van der Waals surface area contributed by atoms with Crippen molar-refractivity contribution in [3.05, 3.63) is 29.3 Å². The van der Waals surface area contributed by atoms with Gasteiger partial charge in [0, 0.05) is 11.8 Å². The highest BCUT2D eigenvalue weighted by atomic mass is 35.5. The quantitative estimate of drug-likeness (QED) is 0.712. The third kappa shape index (κ3) is 2.83. The summed E-state index contributed by atoms with van der Waals surface area (Å²) in [6, 6.07) is 6.49. The van der Waals surface area contributed by atoms with Gasteiger partial charge in [-0.25, -0.2) is 0 Å². The molecule has 1 heterocycles. The van der Waals surface area contributed by atoms with E-state index in [-0.39, 0.29) is 0 Å². The Kier molecular flexibility index (Phi) is 3.52. The molecule has 0 N–H and O–H groups in total. The highest BCUT2D eigenvalue weighted by Crippen LogP contribution is 2.38. The van der Waals surface area contributed by atoms with Crippen molar-refractivity contribution in [1.82, 2.24) is 0 Å². The number of hydrogen-bond acceptors (Lipinski definition) is 1. The molecule has 2 atom stereocenters. The van der Waals surface area contributed by atoms with Gasteiger partial charge in [-0.3, -0.25) is 0 Å². The fourth-order valence-electron chi connectivity index (χ4n) is 2.84. The number of alkyl halides is 1. The fourth-order valence-corrected chi connectivity index (χ4v) is 3.25. The first-order valence-electron chi connectivity index (χ1n) is 7.12. The van der Waals surface area contributed by atoms with Crippen molar-refractivity contribution in [3.8, 4) is 5.75 Å². The van der Waals surface area contributed by atoms with Gasteiger partial charge < -0.3 is 4.74 Å². The lowest BCUT2D eigenvalue weighted by molar-refractivity contribution is 0.216. The summed E-state index contributed by atoms with van der Waals surface area (Å²) in [5.41, 5.74) is 2.71. The SMILES string of the molecule is Cc1ccc2c(c1)CC(CCCC(Cl)C1CC1)O2. The second kappa shape index (κ2) is 5.13. The van der Waals surface area contributed by atoms with Crippen LogP contribution in [-0.2, 0) is 6.42 Å². The highest BCUT2D eigenvalue weighted by molar-refractivity contribution is 6.20. The van der Waals surface area contributed by atoms with Crippen LogP contribution in [0.1, 0.15) is 43.2 Å². The summed E-state index contributed by atoms with van der Waals surface area (Å²) in [6.07, 6.45) is 7.64. The van der Waals surface area contributed by atoms with Crippen molar-refractivity contribution in [3.63, 3.8) is 0 Å². The maximum absolute atomic E-state index is 6.33. The average molecular weight is 265 g/mol. The zero-order valence-electron chi connectivity index (χ0n) is 11.0. The standard InChI is InChI=1S/C16H21ClO/c1-11-5-8-16-13(9-11)10-14(18-16)3-2-4-15(17)12-6-7-12/h5,8-9,12,14-15H,2-4,6-7,10H2,1H3. The molecule has 18 heavy (non-hydrogen) atoms. The van der Waals surface area contributed by atoms with Crippen LogP contribution in [0.4, 0.5) is 0 Å². The summed E-state index contributed by atoms with van der Waals surface area (Å²) < 4.78 is 5.98. The molecular weight excluding hydrogens is 244 g/mol. The Bertz CT molecular complexity index is 425. The largest absolute Gasteiger partial charge is 0.490 e. The van der Waals surface area contributed by atoms with Crippen molar-refractivity contribution in [2.75, 3.05) is 0 Å². The zero-order valence-corrected chi connectivity index (χ0v) is 11.7. The molecule has 1 aliphatic carbocycles. The molecule has 0 bridgehead atoms. The number of ether oxygens (including phenoxy) is 1. The molecule has 98 valence electrons. The zero-order chi connectivity index (χ0) is 12.5. The number of fused-ring (bicyclic) bond motifs is 1. The average Bonchev–Trinajstić information content (AvgIpc) is 3.11. The van der Waals surface area contributed by atoms with E-state index in [2.05, 4.69) is 25.1 Å². The second-order valence-electron chi connectivity index (χ2n) is 5.84. The summed E-state index contributed by atoms with van der Waals surface area (Å²) >= 11 is 6.33. The van der Waals surface area contributed by atoms with Crippen LogP contribution in [0, 0.1) is 12.8 Å². The number of benzene rings is 1. The first-order valence-corrected chi connectivity index (χ1v) is 7.56.